The topological polar surface area (TPSA) is 66.5 Å². The van der Waals surface area contributed by atoms with Gasteiger partial charge in [0.05, 0.1) is 11.8 Å². The van der Waals surface area contributed by atoms with Crippen LogP contribution in [-0.4, -0.2) is 29.2 Å². The molecule has 1 aliphatic heterocycles. The van der Waals surface area contributed by atoms with E-state index in [9.17, 15) is 14.4 Å². The molecule has 0 aromatic heterocycles. The molecule has 6 heteroatoms. The van der Waals surface area contributed by atoms with Gasteiger partial charge in [0, 0.05) is 23.7 Å². The summed E-state index contributed by atoms with van der Waals surface area (Å²) in [4.78, 5) is 37.9. The van der Waals surface area contributed by atoms with E-state index in [-0.39, 0.29) is 36.0 Å². The molecule has 1 heterocycles. The van der Waals surface area contributed by atoms with Crippen LogP contribution in [0.15, 0.2) is 36.4 Å². The van der Waals surface area contributed by atoms with Crippen LogP contribution in [0.1, 0.15) is 25.7 Å². The average molecular weight is 347 g/mol. The molecule has 126 valence electrons. The van der Waals surface area contributed by atoms with E-state index in [1.807, 2.05) is 12.2 Å². The number of halogens is 1. The van der Waals surface area contributed by atoms with Gasteiger partial charge in [0.1, 0.15) is 0 Å². The number of hydrogen-bond donors (Lipinski definition) is 1. The first-order valence-electron chi connectivity index (χ1n) is 8.12. The predicted molar refractivity (Wildman–Crippen MR) is 91.4 cm³/mol. The molecule has 3 amide bonds. The SMILES string of the molecule is O=C(CCCN1C(=O)[C@H]2CC=CC[C@@H]2C1=O)Nc1ccc(Cl)cc1. The lowest BCUT2D eigenvalue weighted by Crippen LogP contribution is -2.32. The number of nitrogens with zero attached hydrogens (tertiary/aromatic N) is 1. The van der Waals surface area contributed by atoms with E-state index >= 15 is 0 Å². The molecule has 0 unspecified atom stereocenters. The minimum atomic E-state index is -0.203. The Balaban J connectivity index is 1.48. The van der Waals surface area contributed by atoms with Gasteiger partial charge in [-0.15, -0.1) is 0 Å². The third-order valence-corrected chi connectivity index (χ3v) is 4.76. The molecule has 1 fully saturated rings. The van der Waals surface area contributed by atoms with Gasteiger partial charge in [-0.1, -0.05) is 23.8 Å². The molecule has 0 spiro atoms. The van der Waals surface area contributed by atoms with Gasteiger partial charge < -0.3 is 5.32 Å². The highest BCUT2D eigenvalue weighted by Crippen LogP contribution is 2.35. The minimum absolute atomic E-state index is 0.0903. The molecular formula is C18H19ClN2O3. The van der Waals surface area contributed by atoms with Crippen molar-refractivity contribution in [1.82, 2.24) is 4.90 Å². The quantitative estimate of drug-likeness (QED) is 0.658. The third-order valence-electron chi connectivity index (χ3n) is 4.51. The van der Waals surface area contributed by atoms with Crippen molar-refractivity contribution in [1.29, 1.82) is 0 Å². The highest BCUT2D eigenvalue weighted by atomic mass is 35.5. The summed E-state index contributed by atoms with van der Waals surface area (Å²) in [7, 11) is 0. The van der Waals surface area contributed by atoms with Crippen LogP contribution in [0.25, 0.3) is 0 Å². The van der Waals surface area contributed by atoms with Gasteiger partial charge in [-0.3, -0.25) is 19.3 Å². The monoisotopic (exact) mass is 346 g/mol. The number of carbonyl (C=O) groups is 3. The zero-order valence-corrected chi connectivity index (χ0v) is 14.0. The molecule has 24 heavy (non-hydrogen) atoms. The number of imide groups is 1. The second-order valence-electron chi connectivity index (χ2n) is 6.14. The third kappa shape index (κ3) is 3.51. The standard InChI is InChI=1S/C18H19ClN2O3/c19-12-7-9-13(10-8-12)20-16(22)6-3-11-21-17(23)14-4-1-2-5-15(14)18(21)24/h1-2,7-10,14-15H,3-6,11H2,(H,20,22)/t14-,15-/m0/s1. The largest absolute Gasteiger partial charge is 0.326 e. The van der Waals surface area contributed by atoms with Crippen molar-refractivity contribution in [3.63, 3.8) is 0 Å². The molecule has 1 saturated heterocycles. The average Bonchev–Trinajstić information content (AvgIpc) is 2.82. The van der Waals surface area contributed by atoms with Gasteiger partial charge in [0.2, 0.25) is 17.7 Å². The number of nitrogens with one attached hydrogen (secondary N) is 1. The number of rotatable bonds is 5. The van der Waals surface area contributed by atoms with Crippen molar-refractivity contribution < 1.29 is 14.4 Å². The lowest BCUT2D eigenvalue weighted by Gasteiger charge is -2.14. The van der Waals surface area contributed by atoms with E-state index in [2.05, 4.69) is 5.32 Å². The summed E-state index contributed by atoms with van der Waals surface area (Å²) in [5.74, 6) is -0.730. The number of allylic oxidation sites excluding steroid dienone is 2. The van der Waals surface area contributed by atoms with E-state index in [1.54, 1.807) is 24.3 Å². The van der Waals surface area contributed by atoms with Crippen LogP contribution >= 0.6 is 11.6 Å². The lowest BCUT2D eigenvalue weighted by molar-refractivity contribution is -0.140. The molecule has 0 radical (unpaired) electrons. The van der Waals surface area contributed by atoms with Gasteiger partial charge >= 0.3 is 0 Å². The smallest absolute Gasteiger partial charge is 0.233 e. The number of benzene rings is 1. The second kappa shape index (κ2) is 7.18. The Morgan fingerprint density at radius 3 is 2.25 bits per heavy atom. The van der Waals surface area contributed by atoms with Crippen LogP contribution in [0.2, 0.25) is 5.02 Å². The van der Waals surface area contributed by atoms with E-state index in [1.165, 1.54) is 4.90 Å². The number of carbonyl (C=O) groups excluding carboxylic acids is 3. The van der Waals surface area contributed by atoms with Crippen molar-refractivity contribution in [3.8, 4) is 0 Å². The minimum Gasteiger partial charge on any atom is -0.326 e. The number of anilines is 1. The van der Waals surface area contributed by atoms with Gasteiger partial charge in [-0.25, -0.2) is 0 Å². The van der Waals surface area contributed by atoms with E-state index in [0.717, 1.165) is 0 Å². The lowest BCUT2D eigenvalue weighted by atomic mass is 9.85. The molecular weight excluding hydrogens is 328 g/mol. The fourth-order valence-electron chi connectivity index (χ4n) is 3.24. The molecule has 5 nitrogen and oxygen atoms in total. The van der Waals surface area contributed by atoms with Gasteiger partial charge in [0.25, 0.3) is 0 Å². The fourth-order valence-corrected chi connectivity index (χ4v) is 3.37. The predicted octanol–water partition coefficient (Wildman–Crippen LogP) is 3.01. The molecule has 3 rings (SSSR count). The molecule has 1 aromatic carbocycles. The second-order valence-corrected chi connectivity index (χ2v) is 6.58. The number of hydrogen-bond acceptors (Lipinski definition) is 3. The Labute approximate surface area is 145 Å². The molecule has 2 aliphatic rings. The molecule has 1 N–H and O–H groups in total. The summed E-state index contributed by atoms with van der Waals surface area (Å²) in [5.41, 5.74) is 0.676. The first-order chi connectivity index (χ1) is 11.6. The maximum atomic E-state index is 12.3. The zero-order chi connectivity index (χ0) is 17.1. The molecule has 1 aliphatic carbocycles. The summed E-state index contributed by atoms with van der Waals surface area (Å²) < 4.78 is 0. The zero-order valence-electron chi connectivity index (χ0n) is 13.2. The first kappa shape index (κ1) is 16.7. The van der Waals surface area contributed by atoms with Crippen molar-refractivity contribution in [2.24, 2.45) is 11.8 Å². The number of fused-ring (bicyclic) bond motifs is 1. The Bertz CT molecular complexity index is 658. The highest BCUT2D eigenvalue weighted by molar-refractivity contribution is 6.30. The Kier molecular flexibility index (Phi) is 5.00. The molecule has 0 saturated carbocycles. The van der Waals surface area contributed by atoms with Crippen molar-refractivity contribution in [2.75, 3.05) is 11.9 Å². The Hall–Kier alpha value is -2.14. The van der Waals surface area contributed by atoms with Gasteiger partial charge in [0.15, 0.2) is 0 Å². The summed E-state index contributed by atoms with van der Waals surface area (Å²) in [6.45, 7) is 0.304. The van der Waals surface area contributed by atoms with E-state index < -0.39 is 0 Å². The van der Waals surface area contributed by atoms with Crippen LogP contribution in [0.4, 0.5) is 5.69 Å². The Morgan fingerprint density at radius 1 is 1.08 bits per heavy atom. The highest BCUT2D eigenvalue weighted by Gasteiger charge is 2.46. The van der Waals surface area contributed by atoms with Gasteiger partial charge in [-0.2, -0.15) is 0 Å². The maximum Gasteiger partial charge on any atom is 0.233 e. The van der Waals surface area contributed by atoms with Crippen LogP contribution in [-0.2, 0) is 14.4 Å². The molecule has 2 atom stereocenters. The molecule has 0 bridgehead atoms. The van der Waals surface area contributed by atoms with Crippen molar-refractivity contribution >= 4 is 35.0 Å². The summed E-state index contributed by atoms with van der Waals surface area (Å²) in [6.07, 6.45) is 5.94. The van der Waals surface area contributed by atoms with E-state index in [0.29, 0.717) is 36.5 Å². The fraction of sp³-hybridized carbons (Fsp3) is 0.389. The molecule has 1 aromatic rings. The van der Waals surface area contributed by atoms with Crippen molar-refractivity contribution in [2.45, 2.75) is 25.7 Å². The van der Waals surface area contributed by atoms with Crippen LogP contribution in [0.3, 0.4) is 0 Å². The normalized spacial score (nSPS) is 22.6. The van der Waals surface area contributed by atoms with Crippen LogP contribution < -0.4 is 5.32 Å². The first-order valence-corrected chi connectivity index (χ1v) is 8.49. The van der Waals surface area contributed by atoms with Crippen molar-refractivity contribution in [3.05, 3.63) is 41.4 Å². The summed E-state index contributed by atoms with van der Waals surface area (Å²) >= 11 is 5.80. The number of likely N-dealkylation sites (tertiary alicyclic amines) is 1. The van der Waals surface area contributed by atoms with Crippen LogP contribution in [0, 0.1) is 11.8 Å². The number of amides is 3. The summed E-state index contributed by atoms with van der Waals surface area (Å²) in [6, 6.07) is 6.86. The summed E-state index contributed by atoms with van der Waals surface area (Å²) in [5, 5.41) is 3.38. The maximum absolute atomic E-state index is 12.3. The van der Waals surface area contributed by atoms with E-state index in [4.69, 9.17) is 11.6 Å². The van der Waals surface area contributed by atoms with Crippen LogP contribution in [0.5, 0.6) is 0 Å². The van der Waals surface area contributed by atoms with Gasteiger partial charge in [-0.05, 0) is 43.5 Å². The Morgan fingerprint density at radius 2 is 1.67 bits per heavy atom.